The third-order valence-electron chi connectivity index (χ3n) is 3.56. The third kappa shape index (κ3) is 3.91. The summed E-state index contributed by atoms with van der Waals surface area (Å²) in [5.74, 6) is 1.31. The molecule has 1 aromatic carbocycles. The van der Waals surface area contributed by atoms with E-state index in [1.165, 1.54) is 6.07 Å². The zero-order valence-electron chi connectivity index (χ0n) is 12.5. The molecule has 0 amide bonds. The van der Waals surface area contributed by atoms with Gasteiger partial charge < -0.3 is 15.4 Å². The average Bonchev–Trinajstić information content (AvgIpc) is 2.38. The molecule has 0 aromatic heterocycles. The zero-order chi connectivity index (χ0) is 14.4. The quantitative estimate of drug-likeness (QED) is 0.797. The summed E-state index contributed by atoms with van der Waals surface area (Å²) in [4.78, 5) is 0. The van der Waals surface area contributed by atoms with Crippen LogP contribution in [0.3, 0.4) is 0 Å². The highest BCUT2D eigenvalue weighted by atomic mass is 19.1. The van der Waals surface area contributed by atoms with E-state index in [9.17, 15) is 4.39 Å². The van der Waals surface area contributed by atoms with Crippen LogP contribution in [0.5, 0.6) is 5.75 Å². The van der Waals surface area contributed by atoms with Crippen LogP contribution < -0.4 is 15.4 Å². The number of halogens is 1. The van der Waals surface area contributed by atoms with Crippen molar-refractivity contribution < 1.29 is 9.13 Å². The van der Waals surface area contributed by atoms with E-state index in [1.807, 2.05) is 14.1 Å². The van der Waals surface area contributed by atoms with Crippen molar-refractivity contribution in [2.45, 2.75) is 19.9 Å². The predicted octanol–water partition coefficient (Wildman–Crippen LogP) is 2.59. The molecule has 4 heteroatoms. The van der Waals surface area contributed by atoms with Gasteiger partial charge in [0, 0.05) is 11.6 Å². The minimum atomic E-state index is -0.233. The lowest BCUT2D eigenvalue weighted by Gasteiger charge is -2.31. The molecule has 0 radical (unpaired) electrons. The van der Waals surface area contributed by atoms with Crippen molar-refractivity contribution in [1.82, 2.24) is 10.6 Å². The van der Waals surface area contributed by atoms with Gasteiger partial charge in [0.2, 0.25) is 0 Å². The Hall–Kier alpha value is -1.13. The van der Waals surface area contributed by atoms with E-state index in [2.05, 4.69) is 24.5 Å². The van der Waals surface area contributed by atoms with Gasteiger partial charge in [-0.15, -0.1) is 0 Å². The lowest BCUT2D eigenvalue weighted by atomic mass is 9.84. The van der Waals surface area contributed by atoms with Gasteiger partial charge in [0.25, 0.3) is 0 Å². The third-order valence-corrected chi connectivity index (χ3v) is 3.56. The van der Waals surface area contributed by atoms with Crippen molar-refractivity contribution in [3.8, 4) is 5.75 Å². The van der Waals surface area contributed by atoms with E-state index in [0.717, 1.165) is 17.9 Å². The maximum atomic E-state index is 13.5. The first-order valence-corrected chi connectivity index (χ1v) is 6.70. The molecular formula is C15H25FN2O. The molecule has 1 aromatic rings. The summed E-state index contributed by atoms with van der Waals surface area (Å²) in [6.07, 6.45) is 0. The van der Waals surface area contributed by atoms with Crippen LogP contribution in [0.4, 0.5) is 4.39 Å². The van der Waals surface area contributed by atoms with Gasteiger partial charge in [-0.05, 0) is 50.7 Å². The fourth-order valence-electron chi connectivity index (χ4n) is 2.52. The Morgan fingerprint density at radius 1 is 1.26 bits per heavy atom. The number of methoxy groups -OCH3 is 1. The molecule has 0 aliphatic heterocycles. The van der Waals surface area contributed by atoms with E-state index in [0.29, 0.717) is 11.8 Å². The lowest BCUT2D eigenvalue weighted by Crippen LogP contribution is -2.35. The second kappa shape index (κ2) is 7.46. The highest BCUT2D eigenvalue weighted by molar-refractivity contribution is 5.37. The summed E-state index contributed by atoms with van der Waals surface area (Å²) < 4.78 is 18.9. The van der Waals surface area contributed by atoms with Crippen molar-refractivity contribution in [3.63, 3.8) is 0 Å². The minimum Gasteiger partial charge on any atom is -0.496 e. The molecule has 2 N–H and O–H groups in total. The molecule has 0 aliphatic carbocycles. The summed E-state index contributed by atoms with van der Waals surface area (Å²) in [5.41, 5.74) is 0.874. The van der Waals surface area contributed by atoms with E-state index < -0.39 is 0 Å². The minimum absolute atomic E-state index is 0.0538. The van der Waals surface area contributed by atoms with Crippen LogP contribution in [-0.4, -0.2) is 27.7 Å². The molecule has 2 unspecified atom stereocenters. The molecule has 3 nitrogen and oxygen atoms in total. The summed E-state index contributed by atoms with van der Waals surface area (Å²) >= 11 is 0. The van der Waals surface area contributed by atoms with E-state index in [-0.39, 0.29) is 11.9 Å². The maximum Gasteiger partial charge on any atom is 0.123 e. The van der Waals surface area contributed by atoms with Crippen LogP contribution in [0.15, 0.2) is 18.2 Å². The summed E-state index contributed by atoms with van der Waals surface area (Å²) in [6.45, 7) is 5.22. The fraction of sp³-hybridized carbons (Fsp3) is 0.600. The molecule has 0 heterocycles. The lowest BCUT2D eigenvalue weighted by molar-refractivity contribution is 0.277. The van der Waals surface area contributed by atoms with E-state index in [4.69, 9.17) is 4.74 Å². The molecule has 2 atom stereocenters. The monoisotopic (exact) mass is 268 g/mol. The molecular weight excluding hydrogens is 243 g/mol. The molecule has 1 rings (SSSR count). The van der Waals surface area contributed by atoms with E-state index >= 15 is 0 Å². The van der Waals surface area contributed by atoms with E-state index in [1.54, 1.807) is 19.2 Å². The Morgan fingerprint density at radius 3 is 2.42 bits per heavy atom. The van der Waals surface area contributed by atoms with Crippen LogP contribution >= 0.6 is 0 Å². The van der Waals surface area contributed by atoms with Crippen molar-refractivity contribution in [2.24, 2.45) is 11.8 Å². The van der Waals surface area contributed by atoms with Gasteiger partial charge >= 0.3 is 0 Å². The Labute approximate surface area is 115 Å². The molecule has 0 saturated heterocycles. The molecule has 0 fully saturated rings. The number of benzene rings is 1. The summed E-state index contributed by atoms with van der Waals surface area (Å²) in [6, 6.07) is 4.73. The van der Waals surface area contributed by atoms with Crippen LogP contribution in [0.25, 0.3) is 0 Å². The Kier molecular flexibility index (Phi) is 6.25. The molecule has 0 aliphatic rings. The van der Waals surface area contributed by atoms with Gasteiger partial charge in [-0.2, -0.15) is 0 Å². The van der Waals surface area contributed by atoms with Crippen LogP contribution in [-0.2, 0) is 0 Å². The van der Waals surface area contributed by atoms with Gasteiger partial charge in [-0.3, -0.25) is 0 Å². The molecule has 0 bridgehead atoms. The van der Waals surface area contributed by atoms with Gasteiger partial charge in [-0.25, -0.2) is 4.39 Å². The van der Waals surface area contributed by atoms with Gasteiger partial charge in [0.15, 0.2) is 0 Å². The van der Waals surface area contributed by atoms with Gasteiger partial charge in [0.05, 0.1) is 7.11 Å². The highest BCUT2D eigenvalue weighted by Crippen LogP contribution is 2.33. The summed E-state index contributed by atoms with van der Waals surface area (Å²) in [7, 11) is 5.46. The largest absolute Gasteiger partial charge is 0.496 e. The number of hydrogen-bond acceptors (Lipinski definition) is 3. The first-order valence-electron chi connectivity index (χ1n) is 6.70. The van der Waals surface area contributed by atoms with Crippen LogP contribution in [0.1, 0.15) is 25.5 Å². The second-order valence-electron chi connectivity index (χ2n) is 5.12. The van der Waals surface area contributed by atoms with Crippen molar-refractivity contribution in [2.75, 3.05) is 27.7 Å². The van der Waals surface area contributed by atoms with Crippen molar-refractivity contribution in [3.05, 3.63) is 29.6 Å². The predicted molar refractivity (Wildman–Crippen MR) is 77.0 cm³/mol. The average molecular weight is 268 g/mol. The van der Waals surface area contributed by atoms with Crippen molar-refractivity contribution >= 4 is 0 Å². The zero-order valence-corrected chi connectivity index (χ0v) is 12.5. The van der Waals surface area contributed by atoms with Crippen molar-refractivity contribution in [1.29, 1.82) is 0 Å². The number of hydrogen-bond donors (Lipinski definition) is 2. The fourth-order valence-corrected chi connectivity index (χ4v) is 2.52. The van der Waals surface area contributed by atoms with Gasteiger partial charge in [-0.1, -0.05) is 13.8 Å². The highest BCUT2D eigenvalue weighted by Gasteiger charge is 2.26. The molecule has 0 saturated carbocycles. The second-order valence-corrected chi connectivity index (χ2v) is 5.12. The normalized spacial score (nSPS) is 14.5. The standard InChI is InChI=1S/C15H25FN2O/c1-10(2)13(9-17-3)15(18-4)12-8-11(16)6-7-14(12)19-5/h6-8,10,13,15,17-18H,9H2,1-5H3. The molecule has 0 spiro atoms. The summed E-state index contributed by atoms with van der Waals surface area (Å²) in [5, 5.41) is 6.51. The topological polar surface area (TPSA) is 33.3 Å². The number of nitrogens with one attached hydrogen (secondary N) is 2. The molecule has 19 heavy (non-hydrogen) atoms. The molecule has 108 valence electrons. The van der Waals surface area contributed by atoms with Crippen LogP contribution in [0, 0.1) is 17.7 Å². The Morgan fingerprint density at radius 2 is 1.95 bits per heavy atom. The Bertz CT molecular complexity index is 396. The first kappa shape index (κ1) is 15.9. The van der Waals surface area contributed by atoms with Gasteiger partial charge in [0.1, 0.15) is 11.6 Å². The van der Waals surface area contributed by atoms with Crippen LogP contribution in [0.2, 0.25) is 0 Å². The smallest absolute Gasteiger partial charge is 0.123 e. The SMILES string of the molecule is CNCC(C(C)C)C(NC)c1cc(F)ccc1OC. The number of rotatable bonds is 7. The first-order chi connectivity index (χ1) is 9.04. The maximum absolute atomic E-state index is 13.5. The Balaban J connectivity index is 3.16. The number of ether oxygens (including phenoxy) is 1.